The zero-order valence-corrected chi connectivity index (χ0v) is 18.1. The summed E-state index contributed by atoms with van der Waals surface area (Å²) in [5.41, 5.74) is 5.15. The van der Waals surface area contributed by atoms with Crippen molar-refractivity contribution >= 4 is 45.0 Å². The number of carbonyl (C=O) groups is 1. The summed E-state index contributed by atoms with van der Waals surface area (Å²) in [6.07, 6.45) is 0. The Balaban J connectivity index is 1.79. The van der Waals surface area contributed by atoms with E-state index in [1.54, 1.807) is 24.3 Å². The third-order valence-corrected chi connectivity index (χ3v) is 5.85. The van der Waals surface area contributed by atoms with Crippen LogP contribution in [0.25, 0.3) is 21.8 Å². The summed E-state index contributed by atoms with van der Waals surface area (Å²) in [5, 5.41) is 4.97. The molecule has 0 aliphatic heterocycles. The van der Waals surface area contributed by atoms with Crippen molar-refractivity contribution in [2.75, 3.05) is 5.32 Å². The van der Waals surface area contributed by atoms with Crippen LogP contribution in [-0.2, 0) is 6.54 Å². The summed E-state index contributed by atoms with van der Waals surface area (Å²) in [7, 11) is 0. The van der Waals surface area contributed by atoms with Crippen LogP contribution in [0.4, 0.5) is 5.69 Å². The molecule has 2 aromatic heterocycles. The quantitative estimate of drug-likeness (QED) is 0.483. The standard InChI is InChI=1S/C24H22ClN3O2/c1-5-28-14(3)11-22(29)18-12-16(6-9-21(18)28)24(30)27-20-10-13(2)26-23-15(4)19(25)8-7-17(20)23/h6-12H,5H2,1-4H3,(H,26,27,30). The second-order valence-electron chi connectivity index (χ2n) is 7.46. The number of pyridine rings is 2. The number of amides is 1. The Kier molecular flexibility index (Phi) is 5.08. The van der Waals surface area contributed by atoms with Gasteiger partial charge < -0.3 is 9.88 Å². The van der Waals surface area contributed by atoms with E-state index in [0.29, 0.717) is 21.7 Å². The topological polar surface area (TPSA) is 64.0 Å². The van der Waals surface area contributed by atoms with Crippen molar-refractivity contribution in [1.29, 1.82) is 0 Å². The van der Waals surface area contributed by atoms with Crippen LogP contribution in [0.3, 0.4) is 0 Å². The molecule has 4 rings (SSSR count). The molecule has 0 unspecified atom stereocenters. The van der Waals surface area contributed by atoms with Crippen molar-refractivity contribution in [2.24, 2.45) is 0 Å². The van der Waals surface area contributed by atoms with Crippen LogP contribution in [-0.4, -0.2) is 15.5 Å². The van der Waals surface area contributed by atoms with E-state index in [0.717, 1.165) is 39.9 Å². The van der Waals surface area contributed by atoms with Crippen molar-refractivity contribution < 1.29 is 4.79 Å². The van der Waals surface area contributed by atoms with E-state index in [9.17, 15) is 9.59 Å². The highest BCUT2D eigenvalue weighted by atomic mass is 35.5. The number of nitrogens with zero attached hydrogens (tertiary/aromatic N) is 2. The van der Waals surface area contributed by atoms with E-state index in [2.05, 4.69) is 14.9 Å². The van der Waals surface area contributed by atoms with Gasteiger partial charge in [0.05, 0.1) is 16.7 Å². The first-order valence-electron chi connectivity index (χ1n) is 9.82. The van der Waals surface area contributed by atoms with E-state index in [1.165, 1.54) is 0 Å². The van der Waals surface area contributed by atoms with Crippen LogP contribution in [0.1, 0.15) is 34.2 Å². The average molecular weight is 420 g/mol. The van der Waals surface area contributed by atoms with Gasteiger partial charge in [-0.25, -0.2) is 0 Å². The van der Waals surface area contributed by atoms with E-state index in [-0.39, 0.29) is 11.3 Å². The first-order valence-corrected chi connectivity index (χ1v) is 10.2. The van der Waals surface area contributed by atoms with E-state index in [4.69, 9.17) is 11.6 Å². The van der Waals surface area contributed by atoms with Crippen LogP contribution in [0, 0.1) is 20.8 Å². The van der Waals surface area contributed by atoms with Gasteiger partial charge in [-0.2, -0.15) is 0 Å². The number of rotatable bonds is 3. The fraction of sp³-hybridized carbons (Fsp3) is 0.208. The second-order valence-corrected chi connectivity index (χ2v) is 7.87. The Bertz CT molecular complexity index is 1390. The summed E-state index contributed by atoms with van der Waals surface area (Å²) in [6.45, 7) is 8.48. The van der Waals surface area contributed by atoms with Crippen LogP contribution in [0.15, 0.2) is 47.3 Å². The number of benzene rings is 2. The summed E-state index contributed by atoms with van der Waals surface area (Å²) in [6, 6.07) is 12.4. The number of fused-ring (bicyclic) bond motifs is 2. The largest absolute Gasteiger partial charge is 0.345 e. The zero-order valence-electron chi connectivity index (χ0n) is 17.3. The highest BCUT2D eigenvalue weighted by Gasteiger charge is 2.14. The van der Waals surface area contributed by atoms with Gasteiger partial charge in [-0.05, 0) is 69.7 Å². The molecule has 0 aliphatic rings. The Labute approximate surface area is 179 Å². The van der Waals surface area contributed by atoms with Gasteiger partial charge in [-0.1, -0.05) is 11.6 Å². The van der Waals surface area contributed by atoms with Crippen LogP contribution >= 0.6 is 11.6 Å². The molecular weight excluding hydrogens is 398 g/mol. The van der Waals surface area contributed by atoms with Crippen molar-refractivity contribution in [3.63, 3.8) is 0 Å². The van der Waals surface area contributed by atoms with Gasteiger partial charge in [-0.3, -0.25) is 14.6 Å². The molecule has 152 valence electrons. The highest BCUT2D eigenvalue weighted by Crippen LogP contribution is 2.30. The molecule has 0 saturated carbocycles. The maximum Gasteiger partial charge on any atom is 0.255 e. The maximum atomic E-state index is 13.0. The number of anilines is 1. The molecule has 5 nitrogen and oxygen atoms in total. The molecule has 0 atom stereocenters. The number of carbonyl (C=O) groups excluding carboxylic acids is 1. The molecule has 4 aromatic rings. The van der Waals surface area contributed by atoms with E-state index < -0.39 is 0 Å². The fourth-order valence-electron chi connectivity index (χ4n) is 3.90. The van der Waals surface area contributed by atoms with Crippen LogP contribution < -0.4 is 10.7 Å². The number of hydrogen-bond acceptors (Lipinski definition) is 3. The van der Waals surface area contributed by atoms with E-state index in [1.807, 2.05) is 45.9 Å². The Morgan fingerprint density at radius 3 is 2.57 bits per heavy atom. The molecule has 0 fully saturated rings. The number of aryl methyl sites for hydroxylation is 4. The molecule has 0 saturated heterocycles. The van der Waals surface area contributed by atoms with Crippen LogP contribution in [0.2, 0.25) is 5.02 Å². The van der Waals surface area contributed by atoms with E-state index >= 15 is 0 Å². The second kappa shape index (κ2) is 7.58. The number of hydrogen-bond donors (Lipinski definition) is 1. The minimum absolute atomic E-state index is 0.0858. The zero-order chi connectivity index (χ0) is 21.6. The lowest BCUT2D eigenvalue weighted by Crippen LogP contribution is -2.15. The molecule has 2 aromatic carbocycles. The molecule has 6 heteroatoms. The first-order chi connectivity index (χ1) is 14.3. The van der Waals surface area contributed by atoms with Crippen molar-refractivity contribution in [3.8, 4) is 0 Å². The van der Waals surface area contributed by atoms with Crippen LogP contribution in [0.5, 0.6) is 0 Å². The molecule has 1 N–H and O–H groups in total. The van der Waals surface area contributed by atoms with Gasteiger partial charge in [0, 0.05) is 45.4 Å². The van der Waals surface area contributed by atoms with Gasteiger partial charge in [-0.15, -0.1) is 0 Å². The lowest BCUT2D eigenvalue weighted by atomic mass is 10.1. The maximum absolute atomic E-state index is 13.0. The minimum Gasteiger partial charge on any atom is -0.345 e. The minimum atomic E-state index is -0.278. The van der Waals surface area contributed by atoms with Gasteiger partial charge in [0.1, 0.15) is 0 Å². The summed E-state index contributed by atoms with van der Waals surface area (Å²) in [4.78, 5) is 30.1. The Hall–Kier alpha value is -3.18. The van der Waals surface area contributed by atoms with Crippen molar-refractivity contribution in [2.45, 2.75) is 34.2 Å². The molecular formula is C24H22ClN3O2. The normalized spacial score (nSPS) is 11.2. The lowest BCUT2D eigenvalue weighted by molar-refractivity contribution is 0.102. The summed E-state index contributed by atoms with van der Waals surface area (Å²) >= 11 is 6.24. The third kappa shape index (κ3) is 3.35. The predicted molar refractivity (Wildman–Crippen MR) is 123 cm³/mol. The fourth-order valence-corrected chi connectivity index (χ4v) is 4.05. The lowest BCUT2D eigenvalue weighted by Gasteiger charge is -2.14. The molecule has 0 spiro atoms. The SMILES string of the molecule is CCn1c(C)cc(=O)c2cc(C(=O)Nc3cc(C)nc4c(C)c(Cl)ccc34)ccc21. The molecule has 0 aliphatic carbocycles. The molecule has 0 radical (unpaired) electrons. The number of aromatic nitrogens is 2. The predicted octanol–water partition coefficient (Wildman–Crippen LogP) is 5.40. The molecule has 2 heterocycles. The van der Waals surface area contributed by atoms with Gasteiger partial charge >= 0.3 is 0 Å². The van der Waals surface area contributed by atoms with Crippen molar-refractivity contribution in [3.05, 3.63) is 80.2 Å². The average Bonchev–Trinajstić information content (AvgIpc) is 2.71. The summed E-state index contributed by atoms with van der Waals surface area (Å²) in [5.74, 6) is -0.278. The highest BCUT2D eigenvalue weighted by molar-refractivity contribution is 6.32. The first kappa shape index (κ1) is 20.1. The van der Waals surface area contributed by atoms with Gasteiger partial charge in [0.2, 0.25) is 0 Å². The molecule has 1 amide bonds. The van der Waals surface area contributed by atoms with Gasteiger partial charge in [0.25, 0.3) is 5.91 Å². The van der Waals surface area contributed by atoms with Gasteiger partial charge in [0.15, 0.2) is 5.43 Å². The molecule has 0 bridgehead atoms. The third-order valence-electron chi connectivity index (χ3n) is 5.44. The number of halogens is 1. The summed E-state index contributed by atoms with van der Waals surface area (Å²) < 4.78 is 2.06. The Morgan fingerprint density at radius 1 is 1.07 bits per heavy atom. The smallest absolute Gasteiger partial charge is 0.255 e. The molecule has 30 heavy (non-hydrogen) atoms. The van der Waals surface area contributed by atoms with Crippen molar-refractivity contribution in [1.82, 2.24) is 9.55 Å². The number of nitrogens with one attached hydrogen (secondary N) is 1. The monoisotopic (exact) mass is 419 g/mol. The Morgan fingerprint density at radius 2 is 1.83 bits per heavy atom.